The van der Waals surface area contributed by atoms with Gasteiger partial charge >= 0.3 is 0 Å². The Bertz CT molecular complexity index is 1800. The molecule has 0 saturated carbocycles. The summed E-state index contributed by atoms with van der Waals surface area (Å²) in [5.74, 6) is 0. The third-order valence-corrected chi connectivity index (χ3v) is 8.64. The van der Waals surface area contributed by atoms with Crippen LogP contribution in [0.1, 0.15) is 62.5 Å². The maximum Gasteiger partial charge on any atom is 0.109 e. The van der Waals surface area contributed by atoms with Crippen LogP contribution in [0.25, 0.3) is 10.9 Å². The minimum atomic E-state index is -0.342. The Morgan fingerprint density at radius 2 is 1.80 bits per heavy atom. The van der Waals surface area contributed by atoms with Crippen molar-refractivity contribution in [1.82, 2.24) is 29.9 Å². The molecule has 5 aromatic rings. The lowest BCUT2D eigenvalue weighted by atomic mass is 9.98. The van der Waals surface area contributed by atoms with Gasteiger partial charge in [-0.25, -0.2) is 4.68 Å². The third-order valence-electron chi connectivity index (χ3n) is 8.10. The molecule has 11 heteroatoms. The number of fused-ring (bicyclic) bond motifs is 1. The first-order valence-electron chi connectivity index (χ1n) is 14.6. The molecule has 1 unspecified atom stereocenters. The van der Waals surface area contributed by atoms with Gasteiger partial charge in [-0.2, -0.15) is 5.26 Å². The second-order valence-corrected chi connectivity index (χ2v) is 12.9. The van der Waals surface area contributed by atoms with E-state index in [0.717, 1.165) is 48.6 Å². The van der Waals surface area contributed by atoms with Crippen LogP contribution in [0.2, 0.25) is 10.0 Å². The first-order chi connectivity index (χ1) is 21.2. The molecule has 3 aromatic heterocycles. The monoisotopic (exact) mass is 625 g/mol. The van der Waals surface area contributed by atoms with Crippen LogP contribution in [-0.4, -0.2) is 48.5 Å². The van der Waals surface area contributed by atoms with Crippen molar-refractivity contribution in [3.63, 3.8) is 0 Å². The Hall–Kier alpha value is -4.23. The molecule has 4 heterocycles. The molecule has 9 nitrogen and oxygen atoms in total. The zero-order chi connectivity index (χ0) is 30.8. The number of hydrogen-bond acceptors (Lipinski definition) is 8. The fourth-order valence-corrected chi connectivity index (χ4v) is 6.09. The fraction of sp³-hybridized carbons (Fsp3) is 0.303. The molecule has 1 saturated heterocycles. The summed E-state index contributed by atoms with van der Waals surface area (Å²) in [5, 5.41) is 27.9. The summed E-state index contributed by atoms with van der Waals surface area (Å²) >= 11 is 13.1. The number of piperidine rings is 1. The Morgan fingerprint density at radius 1 is 1.02 bits per heavy atom. The van der Waals surface area contributed by atoms with Gasteiger partial charge in [0.2, 0.25) is 0 Å². The van der Waals surface area contributed by atoms with E-state index in [1.54, 1.807) is 12.4 Å². The van der Waals surface area contributed by atoms with Crippen LogP contribution in [0, 0.1) is 11.3 Å². The molecule has 2 aromatic carbocycles. The highest BCUT2D eigenvalue weighted by molar-refractivity contribution is 6.36. The number of pyridine rings is 2. The maximum atomic E-state index is 9.90. The number of nitriles is 1. The number of anilines is 3. The van der Waals surface area contributed by atoms with Crippen molar-refractivity contribution in [3.8, 4) is 6.07 Å². The average molecular weight is 627 g/mol. The summed E-state index contributed by atoms with van der Waals surface area (Å²) < 4.78 is 2.01. The van der Waals surface area contributed by atoms with E-state index in [1.165, 1.54) is 6.20 Å². The summed E-state index contributed by atoms with van der Waals surface area (Å²) in [6.07, 6.45) is 8.99. The molecule has 0 aliphatic carbocycles. The molecule has 224 valence electrons. The first-order valence-corrected chi connectivity index (χ1v) is 15.3. The van der Waals surface area contributed by atoms with Gasteiger partial charge in [0.15, 0.2) is 0 Å². The quantitative estimate of drug-likeness (QED) is 0.189. The molecule has 6 rings (SSSR count). The Kier molecular flexibility index (Phi) is 8.41. The normalized spacial score (nSPS) is 15.2. The first kappa shape index (κ1) is 29.8. The lowest BCUT2D eigenvalue weighted by Gasteiger charge is -2.40. The highest BCUT2D eigenvalue weighted by Gasteiger charge is 2.29. The molecule has 1 atom stereocenters. The topological polar surface area (TPSA) is 108 Å². The van der Waals surface area contributed by atoms with Gasteiger partial charge in [0.1, 0.15) is 11.8 Å². The summed E-state index contributed by atoms with van der Waals surface area (Å²) in [5.41, 5.74) is 4.96. The molecule has 1 fully saturated rings. The van der Waals surface area contributed by atoms with Gasteiger partial charge < -0.3 is 10.6 Å². The van der Waals surface area contributed by atoms with Gasteiger partial charge in [0.05, 0.1) is 52.0 Å². The van der Waals surface area contributed by atoms with Crippen molar-refractivity contribution in [2.45, 2.75) is 51.2 Å². The molecule has 0 spiro atoms. The molecule has 1 aliphatic heterocycles. The third kappa shape index (κ3) is 6.34. The molecule has 0 amide bonds. The molecule has 2 N–H and O–H groups in total. The van der Waals surface area contributed by atoms with E-state index in [9.17, 15) is 5.26 Å². The molecule has 0 bridgehead atoms. The summed E-state index contributed by atoms with van der Waals surface area (Å²) in [4.78, 5) is 11.2. The van der Waals surface area contributed by atoms with Crippen molar-refractivity contribution < 1.29 is 0 Å². The second-order valence-electron chi connectivity index (χ2n) is 12.0. The molecular weight excluding hydrogens is 593 g/mol. The number of nitrogens with one attached hydrogen (secondary N) is 2. The number of benzene rings is 2. The van der Waals surface area contributed by atoms with E-state index >= 15 is 0 Å². The lowest BCUT2D eigenvalue weighted by molar-refractivity contribution is 0.0866. The standard InChI is InChI=1S/C33H33Cl2N9/c1-33(2,3)43-13-10-26(11-14-43)44-20-29(41-42-44)31(21-6-8-23(34)9-7-21)40-25-15-27-30(39-24-5-4-12-37-19-24)22(17-36)18-38-32(27)28(35)16-25/h4-9,12,15-16,18-20,26,31,40H,10-11,13-14H2,1-3H3,(H,38,39). The van der Waals surface area contributed by atoms with Crippen LogP contribution in [0.5, 0.6) is 0 Å². The van der Waals surface area contributed by atoms with Crippen LogP contribution < -0.4 is 10.6 Å². The molecule has 0 radical (unpaired) electrons. The largest absolute Gasteiger partial charge is 0.373 e. The van der Waals surface area contributed by atoms with Gasteiger partial charge in [-0.05, 0) is 75.6 Å². The summed E-state index contributed by atoms with van der Waals surface area (Å²) in [6.45, 7) is 8.82. The number of halogens is 2. The number of likely N-dealkylation sites (tertiary alicyclic amines) is 1. The SMILES string of the molecule is CC(C)(C)N1CCC(n2cc(C(Nc3cc(Cl)c4ncc(C#N)c(Nc5cccnc5)c4c3)c3ccc(Cl)cc3)nn2)CC1. The van der Waals surface area contributed by atoms with Crippen molar-refractivity contribution in [1.29, 1.82) is 5.26 Å². The molecule has 1 aliphatic rings. The van der Waals surface area contributed by atoms with E-state index in [-0.39, 0.29) is 17.6 Å². The van der Waals surface area contributed by atoms with Crippen LogP contribution in [0.4, 0.5) is 17.1 Å². The maximum absolute atomic E-state index is 9.90. The zero-order valence-electron chi connectivity index (χ0n) is 24.8. The Morgan fingerprint density at radius 3 is 2.48 bits per heavy atom. The van der Waals surface area contributed by atoms with Gasteiger partial charge in [-0.1, -0.05) is 40.5 Å². The smallest absolute Gasteiger partial charge is 0.109 e. The number of aromatic nitrogens is 5. The predicted molar refractivity (Wildman–Crippen MR) is 176 cm³/mol. The number of rotatable bonds is 7. The minimum Gasteiger partial charge on any atom is -0.373 e. The molecular formula is C33H33Cl2N9. The second kappa shape index (κ2) is 12.4. The van der Waals surface area contributed by atoms with Crippen LogP contribution in [0.15, 0.2) is 73.3 Å². The Balaban J connectivity index is 1.35. The zero-order valence-corrected chi connectivity index (χ0v) is 26.3. The Labute approximate surface area is 266 Å². The highest BCUT2D eigenvalue weighted by atomic mass is 35.5. The van der Waals surface area contributed by atoms with Crippen molar-refractivity contribution in [2.75, 3.05) is 23.7 Å². The number of hydrogen-bond donors (Lipinski definition) is 2. The summed E-state index contributed by atoms with van der Waals surface area (Å²) in [6, 6.07) is 17.4. The van der Waals surface area contributed by atoms with E-state index in [0.29, 0.717) is 32.2 Å². The van der Waals surface area contributed by atoms with Crippen LogP contribution >= 0.6 is 23.2 Å². The van der Waals surface area contributed by atoms with E-state index in [2.05, 4.69) is 62.7 Å². The van der Waals surface area contributed by atoms with Crippen molar-refractivity contribution >= 4 is 51.2 Å². The lowest BCUT2D eigenvalue weighted by Crippen LogP contribution is -2.46. The van der Waals surface area contributed by atoms with Gasteiger partial charge in [0.25, 0.3) is 0 Å². The molecule has 44 heavy (non-hydrogen) atoms. The number of nitrogens with zero attached hydrogens (tertiary/aromatic N) is 7. The van der Waals surface area contributed by atoms with E-state index in [4.69, 9.17) is 23.2 Å². The van der Waals surface area contributed by atoms with Crippen molar-refractivity contribution in [2.24, 2.45) is 0 Å². The predicted octanol–water partition coefficient (Wildman–Crippen LogP) is 7.78. The van der Waals surface area contributed by atoms with Gasteiger partial charge in [-0.15, -0.1) is 5.10 Å². The minimum absolute atomic E-state index is 0.153. The van der Waals surface area contributed by atoms with E-state index < -0.39 is 0 Å². The van der Waals surface area contributed by atoms with Gasteiger partial charge in [-0.3, -0.25) is 14.9 Å². The average Bonchev–Trinajstić information content (AvgIpc) is 3.51. The fourth-order valence-electron chi connectivity index (χ4n) is 5.70. The van der Waals surface area contributed by atoms with Crippen LogP contribution in [0.3, 0.4) is 0 Å². The van der Waals surface area contributed by atoms with Crippen LogP contribution in [-0.2, 0) is 0 Å². The van der Waals surface area contributed by atoms with E-state index in [1.807, 2.05) is 59.4 Å². The van der Waals surface area contributed by atoms with Crippen molar-refractivity contribution in [3.05, 3.63) is 100 Å². The summed E-state index contributed by atoms with van der Waals surface area (Å²) in [7, 11) is 0. The van der Waals surface area contributed by atoms with Gasteiger partial charge in [0, 0.05) is 47.1 Å². The highest BCUT2D eigenvalue weighted by Crippen LogP contribution is 2.37.